The third-order valence-electron chi connectivity index (χ3n) is 3.76. The van der Waals surface area contributed by atoms with Crippen molar-refractivity contribution in [3.8, 4) is 0 Å². The van der Waals surface area contributed by atoms with Crippen LogP contribution >= 0.6 is 0 Å². The monoisotopic (exact) mass is 285 g/mol. The zero-order chi connectivity index (χ0) is 15.1. The predicted molar refractivity (Wildman–Crippen MR) is 85.3 cm³/mol. The minimum absolute atomic E-state index is 0.0723. The molecule has 2 aromatic rings. The molecule has 0 spiro atoms. The van der Waals surface area contributed by atoms with Crippen molar-refractivity contribution in [1.29, 1.82) is 0 Å². The molecule has 3 N–H and O–H groups in total. The fourth-order valence-corrected chi connectivity index (χ4v) is 2.72. The van der Waals surface area contributed by atoms with Gasteiger partial charge >= 0.3 is 0 Å². The Kier molecular flexibility index (Phi) is 5.93. The zero-order valence-electron chi connectivity index (χ0n) is 12.3. The van der Waals surface area contributed by atoms with E-state index in [1.54, 1.807) is 0 Å². The van der Waals surface area contributed by atoms with E-state index in [9.17, 15) is 10.2 Å². The Hall–Kier alpha value is -1.68. The van der Waals surface area contributed by atoms with Crippen LogP contribution in [0, 0.1) is 0 Å². The lowest BCUT2D eigenvalue weighted by Crippen LogP contribution is -2.44. The maximum atomic E-state index is 9.28. The van der Waals surface area contributed by atoms with Crippen LogP contribution in [-0.4, -0.2) is 35.5 Å². The highest BCUT2D eigenvalue weighted by Gasteiger charge is 2.23. The lowest BCUT2D eigenvalue weighted by Gasteiger charge is -2.29. The molecular formula is C18H23NO2. The minimum atomic E-state index is -0.296. The van der Waals surface area contributed by atoms with Gasteiger partial charge in [-0.15, -0.1) is 0 Å². The van der Waals surface area contributed by atoms with Gasteiger partial charge in [-0.3, -0.25) is 0 Å². The largest absolute Gasteiger partial charge is 0.395 e. The van der Waals surface area contributed by atoms with E-state index in [0.29, 0.717) is 0 Å². The second-order valence-electron chi connectivity index (χ2n) is 5.32. The van der Waals surface area contributed by atoms with Crippen molar-refractivity contribution in [2.45, 2.75) is 24.9 Å². The maximum absolute atomic E-state index is 9.28. The fourth-order valence-electron chi connectivity index (χ4n) is 2.72. The first kappa shape index (κ1) is 15.7. The molecule has 0 amide bonds. The van der Waals surface area contributed by atoms with E-state index in [4.69, 9.17) is 0 Å². The molecule has 0 saturated carbocycles. The van der Waals surface area contributed by atoms with Crippen molar-refractivity contribution in [3.63, 3.8) is 0 Å². The van der Waals surface area contributed by atoms with Gasteiger partial charge in [-0.2, -0.15) is 0 Å². The van der Waals surface area contributed by atoms with Crippen molar-refractivity contribution in [1.82, 2.24) is 5.32 Å². The van der Waals surface area contributed by atoms with Gasteiger partial charge in [0, 0.05) is 12.0 Å². The second-order valence-corrected chi connectivity index (χ2v) is 5.32. The first-order valence-electron chi connectivity index (χ1n) is 7.34. The summed E-state index contributed by atoms with van der Waals surface area (Å²) in [6.07, 6.45) is 0. The molecule has 0 bridgehead atoms. The Morgan fingerprint density at radius 3 is 1.62 bits per heavy atom. The molecule has 1 atom stereocenters. The summed E-state index contributed by atoms with van der Waals surface area (Å²) in [6.45, 7) is 1.94. The van der Waals surface area contributed by atoms with E-state index in [0.717, 1.165) is 0 Å². The van der Waals surface area contributed by atoms with Crippen LogP contribution in [-0.2, 0) is 0 Å². The predicted octanol–water partition coefficient (Wildman–Crippen LogP) is 2.15. The topological polar surface area (TPSA) is 52.5 Å². The van der Waals surface area contributed by atoms with Crippen LogP contribution in [0.1, 0.15) is 24.0 Å². The molecular weight excluding hydrogens is 262 g/mol. The van der Waals surface area contributed by atoms with Crippen LogP contribution in [0.3, 0.4) is 0 Å². The highest BCUT2D eigenvalue weighted by Crippen LogP contribution is 2.28. The Morgan fingerprint density at radius 2 is 1.24 bits per heavy atom. The maximum Gasteiger partial charge on any atom is 0.0607 e. The highest BCUT2D eigenvalue weighted by atomic mass is 16.3. The van der Waals surface area contributed by atoms with E-state index >= 15 is 0 Å². The molecule has 112 valence electrons. The van der Waals surface area contributed by atoms with E-state index in [2.05, 4.69) is 36.5 Å². The molecule has 0 aliphatic carbocycles. The molecule has 2 rings (SSSR count). The molecule has 0 aliphatic heterocycles. The molecule has 2 aromatic carbocycles. The van der Waals surface area contributed by atoms with Crippen molar-refractivity contribution < 1.29 is 10.2 Å². The summed E-state index contributed by atoms with van der Waals surface area (Å²) in [5.41, 5.74) is 2.44. The molecule has 21 heavy (non-hydrogen) atoms. The van der Waals surface area contributed by atoms with Gasteiger partial charge < -0.3 is 15.5 Å². The summed E-state index contributed by atoms with van der Waals surface area (Å²) in [5, 5.41) is 21.9. The van der Waals surface area contributed by atoms with Crippen LogP contribution < -0.4 is 5.32 Å². The summed E-state index contributed by atoms with van der Waals surface area (Å²) >= 11 is 0. The molecule has 0 radical (unpaired) electrons. The average Bonchev–Trinajstić information content (AvgIpc) is 2.55. The van der Waals surface area contributed by atoms with Crippen LogP contribution in [0.4, 0.5) is 0 Å². The molecule has 0 aromatic heterocycles. The zero-order valence-corrected chi connectivity index (χ0v) is 12.3. The number of hydrogen-bond donors (Lipinski definition) is 3. The van der Waals surface area contributed by atoms with Gasteiger partial charge in [0.2, 0.25) is 0 Å². The number of benzene rings is 2. The molecule has 3 nitrogen and oxygen atoms in total. The first-order valence-corrected chi connectivity index (χ1v) is 7.34. The summed E-state index contributed by atoms with van der Waals surface area (Å²) < 4.78 is 0. The van der Waals surface area contributed by atoms with E-state index < -0.39 is 0 Å². The van der Waals surface area contributed by atoms with Crippen LogP contribution in [0.5, 0.6) is 0 Å². The van der Waals surface area contributed by atoms with Crippen molar-refractivity contribution >= 4 is 0 Å². The molecule has 0 heterocycles. The van der Waals surface area contributed by atoms with E-state index in [1.165, 1.54) is 11.1 Å². The van der Waals surface area contributed by atoms with Gasteiger partial charge in [0.25, 0.3) is 0 Å². The van der Waals surface area contributed by atoms with Gasteiger partial charge in [-0.05, 0) is 18.1 Å². The van der Waals surface area contributed by atoms with Gasteiger partial charge in [0.15, 0.2) is 0 Å². The number of nitrogens with one attached hydrogen (secondary N) is 1. The summed E-state index contributed by atoms with van der Waals surface area (Å²) in [4.78, 5) is 0. The van der Waals surface area contributed by atoms with E-state index in [1.807, 2.05) is 36.4 Å². The Labute approximate surface area is 126 Å². The minimum Gasteiger partial charge on any atom is -0.395 e. The van der Waals surface area contributed by atoms with Gasteiger partial charge in [-0.25, -0.2) is 0 Å². The lowest BCUT2D eigenvalue weighted by atomic mass is 9.85. The Balaban J connectivity index is 2.28. The van der Waals surface area contributed by atoms with E-state index in [-0.39, 0.29) is 31.2 Å². The highest BCUT2D eigenvalue weighted by molar-refractivity contribution is 5.34. The van der Waals surface area contributed by atoms with Gasteiger partial charge in [-0.1, -0.05) is 60.7 Å². The number of rotatable bonds is 7. The molecule has 1 unspecified atom stereocenters. The Bertz CT molecular complexity index is 472. The normalized spacial score (nSPS) is 12.8. The van der Waals surface area contributed by atoms with Crippen LogP contribution in [0.25, 0.3) is 0 Å². The third-order valence-corrected chi connectivity index (χ3v) is 3.76. The fraction of sp³-hybridized carbons (Fsp3) is 0.333. The summed E-state index contributed by atoms with van der Waals surface area (Å²) in [7, 11) is 0. The van der Waals surface area contributed by atoms with Crippen LogP contribution in [0.15, 0.2) is 60.7 Å². The second kappa shape index (κ2) is 7.93. The Morgan fingerprint density at radius 1 is 0.810 bits per heavy atom. The standard InChI is InChI=1S/C18H23NO2/c1-14(19-17(12-20)13-21)18(15-8-4-2-5-9-15)16-10-6-3-7-11-16/h2-11,14,17-21H,12-13H2,1H3. The lowest BCUT2D eigenvalue weighted by molar-refractivity contribution is 0.161. The van der Waals surface area contributed by atoms with Crippen LogP contribution in [0.2, 0.25) is 0 Å². The third kappa shape index (κ3) is 4.14. The smallest absolute Gasteiger partial charge is 0.0607 e. The van der Waals surface area contributed by atoms with Crippen molar-refractivity contribution in [2.24, 2.45) is 0 Å². The van der Waals surface area contributed by atoms with Crippen molar-refractivity contribution in [3.05, 3.63) is 71.8 Å². The molecule has 0 aliphatic rings. The average molecular weight is 285 g/mol. The quantitative estimate of drug-likeness (QED) is 0.730. The number of aliphatic hydroxyl groups is 2. The van der Waals surface area contributed by atoms with Gasteiger partial charge in [0.05, 0.1) is 19.3 Å². The first-order chi connectivity index (χ1) is 10.3. The number of hydrogen-bond acceptors (Lipinski definition) is 3. The number of aliphatic hydroxyl groups excluding tert-OH is 2. The molecule has 0 saturated heterocycles. The molecule has 3 heteroatoms. The SMILES string of the molecule is CC(NC(CO)CO)C(c1ccccc1)c1ccccc1. The summed E-state index contributed by atoms with van der Waals surface area (Å²) in [6, 6.07) is 20.4. The molecule has 0 fully saturated rings. The van der Waals surface area contributed by atoms with Gasteiger partial charge in [0.1, 0.15) is 0 Å². The summed E-state index contributed by atoms with van der Waals surface area (Å²) in [5.74, 6) is 0.174. The van der Waals surface area contributed by atoms with Crippen molar-refractivity contribution in [2.75, 3.05) is 13.2 Å².